The number of hydrogen-bond donors (Lipinski definition) is 3. The number of halogens is 3. The van der Waals surface area contributed by atoms with Gasteiger partial charge in [0.1, 0.15) is 5.82 Å². The summed E-state index contributed by atoms with van der Waals surface area (Å²) >= 11 is 0. The van der Waals surface area contributed by atoms with Gasteiger partial charge >= 0.3 is 6.18 Å². The van der Waals surface area contributed by atoms with E-state index in [1.807, 2.05) is 6.92 Å². The summed E-state index contributed by atoms with van der Waals surface area (Å²) in [5, 5.41) is 5.22. The van der Waals surface area contributed by atoms with Gasteiger partial charge in [-0.2, -0.15) is 13.2 Å². The maximum Gasteiger partial charge on any atom is 0.416 e. The molecule has 0 spiro atoms. The zero-order valence-electron chi connectivity index (χ0n) is 19.3. The molecular weight excluding hydrogens is 463 g/mol. The standard InChI is InChI=1S/C24H28F3N5O3/c1-14-9-20(33)31-22(29-14)15-5-7-19(8-6-15)32-12-18(13-32)30-21(34)11-28-23(35)16-3-2-4-17(10-16)24(25,26)27/h2-4,9-10,15,18-19H,5-8,11-13H2,1H3,(H,28,35)(H,30,34)(H,29,31,33). The normalized spacial score (nSPS) is 21.3. The lowest BCUT2D eigenvalue weighted by Crippen LogP contribution is -2.63. The van der Waals surface area contributed by atoms with Gasteiger partial charge in [-0.3, -0.25) is 19.3 Å². The second kappa shape index (κ2) is 10.2. The number of H-pyrrole nitrogens is 1. The largest absolute Gasteiger partial charge is 0.416 e. The number of aromatic amines is 1. The van der Waals surface area contributed by atoms with E-state index in [0.717, 1.165) is 55.4 Å². The fourth-order valence-corrected chi connectivity index (χ4v) is 4.79. The predicted octanol–water partition coefficient (Wildman–Crippen LogP) is 2.35. The van der Waals surface area contributed by atoms with Crippen LogP contribution in [0.3, 0.4) is 0 Å². The van der Waals surface area contributed by atoms with Crippen LogP contribution in [0.15, 0.2) is 35.1 Å². The molecule has 0 atom stereocenters. The molecule has 1 saturated heterocycles. The van der Waals surface area contributed by atoms with Crippen molar-refractivity contribution in [2.75, 3.05) is 19.6 Å². The molecule has 1 aliphatic heterocycles. The number of aryl methyl sites for hydroxylation is 1. The molecule has 1 aliphatic carbocycles. The number of nitrogens with one attached hydrogen (secondary N) is 3. The van der Waals surface area contributed by atoms with Gasteiger partial charge in [0.15, 0.2) is 0 Å². The van der Waals surface area contributed by atoms with Crippen LogP contribution in [0.2, 0.25) is 0 Å². The molecule has 2 aliphatic rings. The molecule has 0 radical (unpaired) electrons. The number of likely N-dealkylation sites (tertiary alicyclic amines) is 1. The molecule has 2 fully saturated rings. The van der Waals surface area contributed by atoms with E-state index in [-0.39, 0.29) is 35.5 Å². The minimum absolute atomic E-state index is 0.0273. The van der Waals surface area contributed by atoms with Crippen molar-refractivity contribution in [3.8, 4) is 0 Å². The monoisotopic (exact) mass is 491 g/mol. The molecule has 1 saturated carbocycles. The Morgan fingerprint density at radius 3 is 2.51 bits per heavy atom. The first-order valence-corrected chi connectivity index (χ1v) is 11.6. The van der Waals surface area contributed by atoms with Crippen LogP contribution in [-0.4, -0.2) is 58.4 Å². The first-order valence-electron chi connectivity index (χ1n) is 11.6. The highest BCUT2D eigenvalue weighted by molar-refractivity contribution is 5.96. The highest BCUT2D eigenvalue weighted by Gasteiger charge is 2.36. The second-order valence-corrected chi connectivity index (χ2v) is 9.26. The Morgan fingerprint density at radius 1 is 1.14 bits per heavy atom. The van der Waals surface area contributed by atoms with E-state index in [1.165, 1.54) is 12.1 Å². The lowest BCUT2D eigenvalue weighted by Gasteiger charge is -2.46. The Bertz CT molecular complexity index is 1140. The number of alkyl halides is 3. The van der Waals surface area contributed by atoms with Gasteiger partial charge in [-0.25, -0.2) is 4.98 Å². The molecule has 1 aromatic carbocycles. The van der Waals surface area contributed by atoms with Gasteiger partial charge in [-0.15, -0.1) is 0 Å². The minimum Gasteiger partial charge on any atom is -0.349 e. The minimum atomic E-state index is -4.54. The third-order valence-corrected chi connectivity index (χ3v) is 6.62. The topological polar surface area (TPSA) is 107 Å². The van der Waals surface area contributed by atoms with Crippen molar-refractivity contribution in [2.45, 2.75) is 56.8 Å². The van der Waals surface area contributed by atoms with Gasteiger partial charge in [0.25, 0.3) is 11.5 Å². The fraction of sp³-hybridized carbons (Fsp3) is 0.500. The van der Waals surface area contributed by atoms with Gasteiger partial charge in [0, 0.05) is 42.4 Å². The van der Waals surface area contributed by atoms with E-state index in [1.54, 1.807) is 0 Å². The van der Waals surface area contributed by atoms with Crippen molar-refractivity contribution >= 4 is 11.8 Å². The molecule has 2 amide bonds. The zero-order chi connectivity index (χ0) is 25.2. The van der Waals surface area contributed by atoms with Crippen molar-refractivity contribution in [1.82, 2.24) is 25.5 Å². The van der Waals surface area contributed by atoms with E-state index in [2.05, 4.69) is 25.5 Å². The molecule has 3 N–H and O–H groups in total. The van der Waals surface area contributed by atoms with Crippen molar-refractivity contribution in [3.63, 3.8) is 0 Å². The summed E-state index contributed by atoms with van der Waals surface area (Å²) < 4.78 is 38.4. The van der Waals surface area contributed by atoms with Crippen molar-refractivity contribution in [2.24, 2.45) is 0 Å². The third kappa shape index (κ3) is 6.27. The van der Waals surface area contributed by atoms with Crippen LogP contribution in [-0.2, 0) is 11.0 Å². The number of carbonyl (C=O) groups is 2. The van der Waals surface area contributed by atoms with Gasteiger partial charge in [-0.1, -0.05) is 6.07 Å². The van der Waals surface area contributed by atoms with Crippen LogP contribution in [0.5, 0.6) is 0 Å². The lowest BCUT2D eigenvalue weighted by molar-refractivity contribution is -0.137. The van der Waals surface area contributed by atoms with E-state index in [4.69, 9.17) is 0 Å². The summed E-state index contributed by atoms with van der Waals surface area (Å²) in [5.74, 6) is -0.110. The first-order chi connectivity index (χ1) is 16.6. The summed E-state index contributed by atoms with van der Waals surface area (Å²) in [6, 6.07) is 5.95. The highest BCUT2D eigenvalue weighted by Crippen LogP contribution is 2.34. The average molecular weight is 492 g/mol. The van der Waals surface area contributed by atoms with Gasteiger partial charge in [0.05, 0.1) is 18.2 Å². The van der Waals surface area contributed by atoms with Crippen LogP contribution in [0.4, 0.5) is 13.2 Å². The molecule has 2 heterocycles. The van der Waals surface area contributed by atoms with Crippen molar-refractivity contribution < 1.29 is 22.8 Å². The summed E-state index contributed by atoms with van der Waals surface area (Å²) in [4.78, 5) is 45.7. The molecule has 4 rings (SSSR count). The quantitative estimate of drug-likeness (QED) is 0.575. The molecule has 2 aromatic rings. The number of hydrogen-bond acceptors (Lipinski definition) is 5. The lowest BCUT2D eigenvalue weighted by atomic mass is 9.83. The Hall–Kier alpha value is -3.21. The van der Waals surface area contributed by atoms with E-state index in [9.17, 15) is 27.6 Å². The molecule has 11 heteroatoms. The highest BCUT2D eigenvalue weighted by atomic mass is 19.4. The summed E-state index contributed by atoms with van der Waals surface area (Å²) in [5.41, 5.74) is -0.468. The summed E-state index contributed by atoms with van der Waals surface area (Å²) in [6.07, 6.45) is -0.705. The maximum atomic E-state index is 12.8. The van der Waals surface area contributed by atoms with Crippen LogP contribution >= 0.6 is 0 Å². The molecule has 188 valence electrons. The van der Waals surface area contributed by atoms with Crippen molar-refractivity contribution in [3.05, 3.63) is 63.3 Å². The Labute approximate surface area is 200 Å². The average Bonchev–Trinajstić information content (AvgIpc) is 2.78. The Morgan fingerprint density at radius 2 is 1.86 bits per heavy atom. The van der Waals surface area contributed by atoms with Crippen molar-refractivity contribution in [1.29, 1.82) is 0 Å². The van der Waals surface area contributed by atoms with Crippen LogP contribution in [0, 0.1) is 6.92 Å². The number of rotatable bonds is 6. The molecular formula is C24H28F3N5O3. The van der Waals surface area contributed by atoms with Crippen LogP contribution < -0.4 is 16.2 Å². The van der Waals surface area contributed by atoms with Gasteiger partial charge in [-0.05, 0) is 50.8 Å². The van der Waals surface area contributed by atoms with E-state index in [0.29, 0.717) is 19.1 Å². The number of benzene rings is 1. The van der Waals surface area contributed by atoms with E-state index < -0.39 is 17.6 Å². The SMILES string of the molecule is Cc1cc(=O)[nH]c(C2CCC(N3CC(NC(=O)CNC(=O)c4cccc(C(F)(F)F)c4)C3)CC2)n1. The second-order valence-electron chi connectivity index (χ2n) is 9.26. The Kier molecular flexibility index (Phi) is 7.25. The van der Waals surface area contributed by atoms with Crippen LogP contribution in [0.1, 0.15) is 59.0 Å². The molecule has 8 nitrogen and oxygen atoms in total. The van der Waals surface area contributed by atoms with Gasteiger partial charge < -0.3 is 15.6 Å². The molecule has 35 heavy (non-hydrogen) atoms. The third-order valence-electron chi connectivity index (χ3n) is 6.62. The number of carbonyl (C=O) groups excluding carboxylic acids is 2. The smallest absolute Gasteiger partial charge is 0.349 e. The number of nitrogens with zero attached hydrogens (tertiary/aromatic N) is 2. The molecule has 0 unspecified atom stereocenters. The van der Waals surface area contributed by atoms with E-state index >= 15 is 0 Å². The summed E-state index contributed by atoms with van der Waals surface area (Å²) in [7, 11) is 0. The predicted molar refractivity (Wildman–Crippen MR) is 122 cm³/mol. The van der Waals surface area contributed by atoms with Crippen LogP contribution in [0.25, 0.3) is 0 Å². The molecule has 1 aromatic heterocycles. The number of aromatic nitrogens is 2. The molecule has 0 bridgehead atoms. The fourth-order valence-electron chi connectivity index (χ4n) is 4.79. The maximum absolute atomic E-state index is 12.8. The first kappa shape index (κ1) is 24.9. The Balaban J connectivity index is 1.17. The zero-order valence-corrected chi connectivity index (χ0v) is 19.3. The summed E-state index contributed by atoms with van der Waals surface area (Å²) in [6.45, 7) is 2.93. The van der Waals surface area contributed by atoms with Gasteiger partial charge in [0.2, 0.25) is 5.91 Å². The number of amides is 2.